The molecule has 2 heteroatoms. The van der Waals surface area contributed by atoms with Crippen LogP contribution in [0.5, 0.6) is 0 Å². The van der Waals surface area contributed by atoms with E-state index in [0.29, 0.717) is 5.41 Å². The first-order valence-electron chi connectivity index (χ1n) is 3.05. The first kappa shape index (κ1) is 8.18. The Labute approximate surface area is 54.4 Å². The lowest BCUT2D eigenvalue weighted by Gasteiger charge is -2.15. The average Bonchev–Trinajstić information content (AvgIpc) is 1.59. The maximum Gasteiger partial charge on any atom is 0.161 e. The van der Waals surface area contributed by atoms with Gasteiger partial charge in [0.05, 0.1) is 0 Å². The Morgan fingerprint density at radius 1 is 1.38 bits per heavy atom. The van der Waals surface area contributed by atoms with Gasteiger partial charge in [0.25, 0.3) is 0 Å². The maximum atomic E-state index is 5.06. The molecule has 0 aromatic heterocycles. The molecule has 0 atom stereocenters. The molecule has 0 N–H and O–H groups in total. The summed E-state index contributed by atoms with van der Waals surface area (Å²) >= 11 is 0. The Bertz CT molecular complexity index is 56.0. The van der Waals surface area contributed by atoms with Crippen LogP contribution in [0.1, 0.15) is 20.8 Å². The van der Waals surface area contributed by atoms with Gasteiger partial charge < -0.3 is 4.43 Å². The summed E-state index contributed by atoms with van der Waals surface area (Å²) in [5.41, 5.74) is 0.488. The molecule has 0 rings (SSSR count). The summed E-state index contributed by atoms with van der Waals surface area (Å²) < 4.78 is 5.06. The lowest BCUT2D eigenvalue weighted by molar-refractivity contribution is 0.400. The molecule has 0 bridgehead atoms. The third-order valence-electron chi connectivity index (χ3n) is 1.06. The van der Waals surface area contributed by atoms with E-state index in [4.69, 9.17) is 4.43 Å². The summed E-state index contributed by atoms with van der Waals surface area (Å²) in [7, 11) is 1.62. The van der Waals surface area contributed by atoms with Gasteiger partial charge in [-0.2, -0.15) is 0 Å². The van der Waals surface area contributed by atoms with Gasteiger partial charge in [-0.3, -0.25) is 0 Å². The highest BCUT2D eigenvalue weighted by molar-refractivity contribution is 6.27. The van der Waals surface area contributed by atoms with Gasteiger partial charge in [0, 0.05) is 7.11 Å². The molecule has 0 saturated carbocycles. The van der Waals surface area contributed by atoms with Crippen LogP contribution >= 0.6 is 0 Å². The second kappa shape index (κ2) is 3.25. The normalized spacial score (nSPS) is 13.5. The van der Waals surface area contributed by atoms with Crippen molar-refractivity contribution in [2.45, 2.75) is 26.8 Å². The van der Waals surface area contributed by atoms with Crippen LogP contribution in [0.15, 0.2) is 0 Å². The predicted octanol–water partition coefficient (Wildman–Crippen LogP) is 1.18. The summed E-state index contributed by atoms with van der Waals surface area (Å²) in [4.78, 5) is 0. The fourth-order valence-corrected chi connectivity index (χ4v) is 1.22. The molecule has 0 saturated heterocycles. The third kappa shape index (κ3) is 6.18. The van der Waals surface area contributed by atoms with Crippen LogP contribution in [0.2, 0.25) is 6.04 Å². The van der Waals surface area contributed by atoms with Gasteiger partial charge >= 0.3 is 0 Å². The van der Waals surface area contributed by atoms with E-state index in [0.717, 1.165) is 0 Å². The summed E-state index contributed by atoms with van der Waals surface area (Å²) in [6.07, 6.45) is 0. The van der Waals surface area contributed by atoms with Crippen molar-refractivity contribution >= 4 is 9.76 Å². The van der Waals surface area contributed by atoms with Crippen LogP contribution in [0.3, 0.4) is 0 Å². The molecule has 0 aliphatic carbocycles. The standard InChI is InChI=1S/C6H16OSi/c1-6(2,3)5-8-7-4/h5,8H2,1-4H3. The van der Waals surface area contributed by atoms with Crippen LogP contribution in [0.25, 0.3) is 0 Å². The topological polar surface area (TPSA) is 9.23 Å². The Kier molecular flexibility index (Phi) is 3.32. The molecule has 0 amide bonds. The Morgan fingerprint density at radius 3 is 2.00 bits per heavy atom. The summed E-state index contributed by atoms with van der Waals surface area (Å²) in [5, 5.41) is 0. The zero-order chi connectivity index (χ0) is 6.62. The zero-order valence-corrected chi connectivity index (χ0v) is 7.74. The van der Waals surface area contributed by atoms with Crippen LogP contribution in [0, 0.1) is 5.41 Å². The SMILES string of the molecule is CO[SiH2]CC(C)(C)C. The lowest BCUT2D eigenvalue weighted by Crippen LogP contribution is -2.09. The predicted molar refractivity (Wildman–Crippen MR) is 39.8 cm³/mol. The van der Waals surface area contributed by atoms with Crippen LogP contribution in [-0.4, -0.2) is 16.9 Å². The van der Waals surface area contributed by atoms with Crippen molar-refractivity contribution < 1.29 is 4.43 Å². The van der Waals surface area contributed by atoms with E-state index in [1.54, 1.807) is 7.11 Å². The van der Waals surface area contributed by atoms with Crippen LogP contribution in [-0.2, 0) is 4.43 Å². The molecule has 0 aromatic rings. The number of rotatable bonds is 2. The van der Waals surface area contributed by atoms with E-state index >= 15 is 0 Å². The van der Waals surface area contributed by atoms with Gasteiger partial charge in [-0.1, -0.05) is 20.8 Å². The molecule has 8 heavy (non-hydrogen) atoms. The van der Waals surface area contributed by atoms with Gasteiger partial charge in [0.15, 0.2) is 9.76 Å². The highest BCUT2D eigenvalue weighted by Gasteiger charge is 2.08. The smallest absolute Gasteiger partial charge is 0.161 e. The minimum atomic E-state index is -0.182. The van der Waals surface area contributed by atoms with Crippen molar-refractivity contribution in [2.24, 2.45) is 5.41 Å². The number of hydrogen-bond donors (Lipinski definition) is 0. The molecule has 0 unspecified atom stereocenters. The molecule has 0 heterocycles. The highest BCUT2D eigenvalue weighted by atomic mass is 28.2. The minimum absolute atomic E-state index is 0.182. The Morgan fingerprint density at radius 2 is 1.88 bits per heavy atom. The van der Waals surface area contributed by atoms with Gasteiger partial charge in [0.1, 0.15) is 0 Å². The van der Waals surface area contributed by atoms with Crippen molar-refractivity contribution in [1.29, 1.82) is 0 Å². The largest absolute Gasteiger partial charge is 0.427 e. The molecule has 0 aliphatic heterocycles. The summed E-state index contributed by atoms with van der Waals surface area (Å²) in [5.74, 6) is 0. The Hall–Kier alpha value is 0.177. The van der Waals surface area contributed by atoms with Crippen LogP contribution < -0.4 is 0 Å². The first-order chi connectivity index (χ1) is 3.56. The monoisotopic (exact) mass is 132 g/mol. The van der Waals surface area contributed by atoms with E-state index in [9.17, 15) is 0 Å². The van der Waals surface area contributed by atoms with E-state index in [1.165, 1.54) is 6.04 Å². The first-order valence-corrected chi connectivity index (χ1v) is 4.63. The summed E-state index contributed by atoms with van der Waals surface area (Å²) in [6, 6.07) is 1.28. The minimum Gasteiger partial charge on any atom is -0.427 e. The van der Waals surface area contributed by atoms with Crippen molar-refractivity contribution in [2.75, 3.05) is 7.11 Å². The fourth-order valence-electron chi connectivity index (χ4n) is 0.408. The van der Waals surface area contributed by atoms with Gasteiger partial charge in [0.2, 0.25) is 0 Å². The maximum absolute atomic E-state index is 5.06. The molecule has 1 nitrogen and oxygen atoms in total. The third-order valence-corrected chi connectivity index (χ3v) is 3.17. The Balaban J connectivity index is 3.11. The van der Waals surface area contributed by atoms with Crippen molar-refractivity contribution in [3.63, 3.8) is 0 Å². The molecular formula is C6H16OSi. The van der Waals surface area contributed by atoms with Crippen molar-refractivity contribution in [3.8, 4) is 0 Å². The fraction of sp³-hybridized carbons (Fsp3) is 1.00. The molecular weight excluding hydrogens is 116 g/mol. The molecule has 0 fully saturated rings. The second-order valence-electron chi connectivity index (χ2n) is 3.30. The number of hydrogen-bond acceptors (Lipinski definition) is 1. The molecule has 50 valence electrons. The van der Waals surface area contributed by atoms with Crippen LogP contribution in [0.4, 0.5) is 0 Å². The van der Waals surface area contributed by atoms with Gasteiger partial charge in [-0.25, -0.2) is 0 Å². The quantitative estimate of drug-likeness (QED) is 0.513. The summed E-state index contributed by atoms with van der Waals surface area (Å²) in [6.45, 7) is 6.75. The molecule has 0 spiro atoms. The second-order valence-corrected chi connectivity index (χ2v) is 4.79. The van der Waals surface area contributed by atoms with E-state index in [-0.39, 0.29) is 9.76 Å². The van der Waals surface area contributed by atoms with Crippen molar-refractivity contribution in [3.05, 3.63) is 0 Å². The van der Waals surface area contributed by atoms with E-state index in [1.807, 2.05) is 0 Å². The zero-order valence-electron chi connectivity index (χ0n) is 6.32. The van der Waals surface area contributed by atoms with E-state index < -0.39 is 0 Å². The molecule has 0 aliphatic rings. The van der Waals surface area contributed by atoms with Crippen molar-refractivity contribution in [1.82, 2.24) is 0 Å². The highest BCUT2D eigenvalue weighted by Crippen LogP contribution is 2.17. The average molecular weight is 132 g/mol. The van der Waals surface area contributed by atoms with Gasteiger partial charge in [-0.15, -0.1) is 0 Å². The van der Waals surface area contributed by atoms with E-state index in [2.05, 4.69) is 20.8 Å². The molecule has 0 radical (unpaired) electrons. The molecule has 0 aromatic carbocycles. The van der Waals surface area contributed by atoms with Gasteiger partial charge in [-0.05, 0) is 11.5 Å². The lowest BCUT2D eigenvalue weighted by atomic mass is 10.0.